The van der Waals surface area contributed by atoms with Gasteiger partial charge in [-0.1, -0.05) is 23.7 Å². The van der Waals surface area contributed by atoms with Gasteiger partial charge in [-0.05, 0) is 59.3 Å². The minimum Gasteiger partial charge on any atom is -0.373 e. The minimum absolute atomic E-state index is 0.0500. The summed E-state index contributed by atoms with van der Waals surface area (Å²) in [5.41, 5.74) is 1.61. The molecule has 0 saturated carbocycles. The van der Waals surface area contributed by atoms with Crippen molar-refractivity contribution in [3.8, 4) is 0 Å². The van der Waals surface area contributed by atoms with E-state index in [1.165, 1.54) is 0 Å². The summed E-state index contributed by atoms with van der Waals surface area (Å²) in [6, 6.07) is 12.5. The average Bonchev–Trinajstić information content (AvgIpc) is 2.41. The summed E-state index contributed by atoms with van der Waals surface area (Å²) in [4.78, 5) is 10.7. The molecule has 2 rings (SSSR count). The molecule has 0 aliphatic rings. The van der Waals surface area contributed by atoms with E-state index in [9.17, 15) is 10.1 Å². The molecule has 6 heteroatoms. The maximum atomic E-state index is 11.1. The van der Waals surface area contributed by atoms with Crippen LogP contribution in [0.3, 0.4) is 0 Å². The predicted molar refractivity (Wildman–Crippen MR) is 89.3 cm³/mol. The van der Waals surface area contributed by atoms with E-state index in [2.05, 4.69) is 27.9 Å². The molecule has 1 N–H and O–H groups in total. The summed E-state index contributed by atoms with van der Waals surface area (Å²) in [5, 5.41) is 14.9. The van der Waals surface area contributed by atoms with Gasteiger partial charge in [-0.25, -0.2) is 0 Å². The third-order valence-electron chi connectivity index (χ3n) is 2.90. The molecule has 0 aromatic heterocycles. The Morgan fingerprint density at radius 2 is 1.90 bits per heavy atom. The van der Waals surface area contributed by atoms with Crippen LogP contribution < -0.4 is 5.32 Å². The van der Waals surface area contributed by atoms with E-state index in [4.69, 9.17) is 11.6 Å². The maximum Gasteiger partial charge on any atom is 0.293 e. The van der Waals surface area contributed by atoms with Crippen molar-refractivity contribution in [1.29, 1.82) is 0 Å². The Hall–Kier alpha value is -1.34. The number of nitrogens with one attached hydrogen (secondary N) is 1. The molecule has 0 heterocycles. The van der Waals surface area contributed by atoms with Crippen LogP contribution in [0.2, 0.25) is 5.02 Å². The van der Waals surface area contributed by atoms with Crippen molar-refractivity contribution < 1.29 is 4.92 Å². The van der Waals surface area contributed by atoms with Crippen LogP contribution in [0.5, 0.6) is 0 Å². The molecule has 4 nitrogen and oxygen atoms in total. The van der Waals surface area contributed by atoms with Crippen LogP contribution in [-0.4, -0.2) is 4.92 Å². The van der Waals surface area contributed by atoms with Gasteiger partial charge in [0.05, 0.1) is 4.92 Å². The van der Waals surface area contributed by atoms with Gasteiger partial charge in [0, 0.05) is 20.7 Å². The quantitative estimate of drug-likeness (QED) is 0.443. The van der Waals surface area contributed by atoms with Crippen LogP contribution in [0.25, 0.3) is 0 Å². The first kappa shape index (κ1) is 15.1. The fourth-order valence-corrected chi connectivity index (χ4v) is 2.45. The van der Waals surface area contributed by atoms with E-state index < -0.39 is 0 Å². The highest BCUT2D eigenvalue weighted by molar-refractivity contribution is 14.1. The van der Waals surface area contributed by atoms with E-state index in [0.29, 0.717) is 10.7 Å². The summed E-state index contributed by atoms with van der Waals surface area (Å²) >= 11 is 7.91. The van der Waals surface area contributed by atoms with Crippen molar-refractivity contribution in [1.82, 2.24) is 0 Å². The molecule has 20 heavy (non-hydrogen) atoms. The third kappa shape index (κ3) is 3.61. The predicted octanol–water partition coefficient (Wildman–Crippen LogP) is 5.03. The second-order valence-electron chi connectivity index (χ2n) is 4.34. The average molecular weight is 403 g/mol. The Balaban J connectivity index is 2.25. The van der Waals surface area contributed by atoms with Crippen molar-refractivity contribution in [3.63, 3.8) is 0 Å². The van der Waals surface area contributed by atoms with E-state index in [1.54, 1.807) is 24.3 Å². The highest BCUT2D eigenvalue weighted by Gasteiger charge is 2.16. The van der Waals surface area contributed by atoms with Gasteiger partial charge in [0.1, 0.15) is 5.69 Å². The molecule has 0 aliphatic carbocycles. The third-order valence-corrected chi connectivity index (χ3v) is 3.82. The first-order valence-corrected chi connectivity index (χ1v) is 7.39. The molecule has 1 atom stereocenters. The SMILES string of the molecule is CC(Nc1ccc(I)cc1[N+](=O)[O-])c1ccc(Cl)cc1. The zero-order valence-corrected chi connectivity index (χ0v) is 13.6. The Morgan fingerprint density at radius 1 is 1.25 bits per heavy atom. The summed E-state index contributed by atoms with van der Waals surface area (Å²) < 4.78 is 0.832. The molecule has 2 aromatic rings. The first-order valence-electron chi connectivity index (χ1n) is 5.93. The standard InChI is InChI=1S/C14H12ClIN2O2/c1-9(10-2-4-11(15)5-3-10)17-13-7-6-12(16)8-14(13)18(19)20/h2-9,17H,1H3. The van der Waals surface area contributed by atoms with Gasteiger partial charge >= 0.3 is 0 Å². The van der Waals surface area contributed by atoms with Crippen LogP contribution in [0.1, 0.15) is 18.5 Å². The highest BCUT2D eigenvalue weighted by Crippen LogP contribution is 2.29. The first-order chi connectivity index (χ1) is 9.47. The highest BCUT2D eigenvalue weighted by atomic mass is 127. The van der Waals surface area contributed by atoms with Gasteiger partial charge < -0.3 is 5.32 Å². The Labute approximate surface area is 135 Å². The number of nitrogens with zero attached hydrogens (tertiary/aromatic N) is 1. The van der Waals surface area contributed by atoms with Gasteiger partial charge in [0.25, 0.3) is 5.69 Å². The van der Waals surface area contributed by atoms with Gasteiger partial charge in [-0.3, -0.25) is 10.1 Å². The molecule has 2 aromatic carbocycles. The van der Waals surface area contributed by atoms with Crippen LogP contribution in [-0.2, 0) is 0 Å². The van der Waals surface area contributed by atoms with Gasteiger partial charge in [0.2, 0.25) is 0 Å². The van der Waals surface area contributed by atoms with Crippen molar-refractivity contribution in [2.24, 2.45) is 0 Å². The van der Waals surface area contributed by atoms with Gasteiger partial charge in [-0.2, -0.15) is 0 Å². The topological polar surface area (TPSA) is 55.2 Å². The lowest BCUT2D eigenvalue weighted by atomic mass is 10.1. The fraction of sp³-hybridized carbons (Fsp3) is 0.143. The smallest absolute Gasteiger partial charge is 0.293 e. The number of nitro groups is 1. The molecule has 0 fully saturated rings. The molecule has 0 aliphatic heterocycles. The number of halogens is 2. The number of anilines is 1. The minimum atomic E-state index is -0.376. The number of hydrogen-bond acceptors (Lipinski definition) is 3. The normalized spacial score (nSPS) is 11.9. The monoisotopic (exact) mass is 402 g/mol. The molecular weight excluding hydrogens is 391 g/mol. The zero-order chi connectivity index (χ0) is 14.7. The summed E-state index contributed by atoms with van der Waals surface area (Å²) in [5.74, 6) is 0. The fourth-order valence-electron chi connectivity index (χ4n) is 1.85. The van der Waals surface area contributed by atoms with Gasteiger partial charge in [-0.15, -0.1) is 0 Å². The molecule has 0 bridgehead atoms. The lowest BCUT2D eigenvalue weighted by Gasteiger charge is -2.16. The van der Waals surface area contributed by atoms with Crippen LogP contribution in [0.15, 0.2) is 42.5 Å². The number of hydrogen-bond donors (Lipinski definition) is 1. The molecule has 1 unspecified atom stereocenters. The Bertz CT molecular complexity index is 632. The van der Waals surface area contributed by atoms with Crippen molar-refractivity contribution in [2.75, 3.05) is 5.32 Å². The van der Waals surface area contributed by atoms with Crippen LogP contribution >= 0.6 is 34.2 Å². The molecule has 0 radical (unpaired) electrons. The summed E-state index contributed by atoms with van der Waals surface area (Å²) in [7, 11) is 0. The zero-order valence-electron chi connectivity index (χ0n) is 10.6. The number of rotatable bonds is 4. The molecular formula is C14H12ClIN2O2. The lowest BCUT2D eigenvalue weighted by Crippen LogP contribution is -2.08. The van der Waals surface area contributed by atoms with E-state index in [-0.39, 0.29) is 16.7 Å². The van der Waals surface area contributed by atoms with E-state index in [0.717, 1.165) is 9.13 Å². The van der Waals surface area contributed by atoms with Crippen molar-refractivity contribution in [3.05, 3.63) is 66.7 Å². The molecule has 104 valence electrons. The van der Waals surface area contributed by atoms with E-state index in [1.807, 2.05) is 25.1 Å². The lowest BCUT2D eigenvalue weighted by molar-refractivity contribution is -0.384. The van der Waals surface area contributed by atoms with Crippen molar-refractivity contribution in [2.45, 2.75) is 13.0 Å². The second kappa shape index (κ2) is 6.41. The van der Waals surface area contributed by atoms with E-state index >= 15 is 0 Å². The Morgan fingerprint density at radius 3 is 2.50 bits per heavy atom. The van der Waals surface area contributed by atoms with Crippen LogP contribution in [0, 0.1) is 13.7 Å². The van der Waals surface area contributed by atoms with Crippen LogP contribution in [0.4, 0.5) is 11.4 Å². The maximum absolute atomic E-state index is 11.1. The molecule has 0 spiro atoms. The molecule has 0 saturated heterocycles. The Kier molecular flexibility index (Phi) is 4.82. The summed E-state index contributed by atoms with van der Waals surface area (Å²) in [6.07, 6.45) is 0. The second-order valence-corrected chi connectivity index (χ2v) is 6.02. The van der Waals surface area contributed by atoms with Gasteiger partial charge in [0.15, 0.2) is 0 Å². The number of benzene rings is 2. The van der Waals surface area contributed by atoms with Crippen molar-refractivity contribution >= 4 is 45.6 Å². The summed E-state index contributed by atoms with van der Waals surface area (Å²) in [6.45, 7) is 1.95. The number of nitro benzene ring substituents is 1. The largest absolute Gasteiger partial charge is 0.373 e. The molecule has 0 amide bonds.